The third-order valence-electron chi connectivity index (χ3n) is 4.59. The molecule has 1 N–H and O–H groups in total. The Morgan fingerprint density at radius 2 is 1.74 bits per heavy atom. The van der Waals surface area contributed by atoms with Crippen molar-refractivity contribution in [3.8, 4) is 0 Å². The van der Waals surface area contributed by atoms with Crippen molar-refractivity contribution in [2.45, 2.75) is 68.6 Å². The molecule has 0 saturated heterocycles. The van der Waals surface area contributed by atoms with Gasteiger partial charge < -0.3 is 9.47 Å². The summed E-state index contributed by atoms with van der Waals surface area (Å²) in [7, 11) is -6.28. The van der Waals surface area contributed by atoms with Gasteiger partial charge in [-0.05, 0) is 32.1 Å². The number of carbonyl (C=O) groups is 1. The van der Waals surface area contributed by atoms with Gasteiger partial charge in [-0.2, -0.15) is 26.0 Å². The van der Waals surface area contributed by atoms with Crippen LogP contribution in [-0.4, -0.2) is 48.9 Å². The molecule has 1 fully saturated rings. The van der Waals surface area contributed by atoms with Crippen molar-refractivity contribution in [1.82, 2.24) is 0 Å². The van der Waals surface area contributed by atoms with Gasteiger partial charge in [0.2, 0.25) is 0 Å². The molecule has 1 aliphatic rings. The molecule has 0 unspecified atom stereocenters. The zero-order chi connectivity index (χ0) is 20.9. The first-order valence-corrected chi connectivity index (χ1v) is 9.93. The smallest absolute Gasteiger partial charge is 0.431 e. The van der Waals surface area contributed by atoms with Crippen LogP contribution in [0.25, 0.3) is 0 Å². The first-order chi connectivity index (χ1) is 12.3. The first kappa shape index (κ1) is 23.8. The summed E-state index contributed by atoms with van der Waals surface area (Å²) in [5, 5.41) is -5.65. The van der Waals surface area contributed by atoms with Crippen LogP contribution in [0.1, 0.15) is 51.9 Å². The van der Waals surface area contributed by atoms with Crippen LogP contribution in [0.3, 0.4) is 0 Å². The minimum absolute atomic E-state index is 0.168. The summed E-state index contributed by atoms with van der Waals surface area (Å²) in [5.41, 5.74) is -0.763. The summed E-state index contributed by atoms with van der Waals surface area (Å²) < 4.78 is 91.9. The van der Waals surface area contributed by atoms with Crippen molar-refractivity contribution in [1.29, 1.82) is 0 Å². The molecule has 1 rings (SSSR count). The number of ether oxygens (including phenoxy) is 2. The monoisotopic (exact) mass is 420 g/mol. The van der Waals surface area contributed by atoms with E-state index in [4.69, 9.17) is 14.0 Å². The number of halogens is 4. The zero-order valence-corrected chi connectivity index (χ0v) is 15.8. The van der Waals surface area contributed by atoms with E-state index in [0.29, 0.717) is 19.3 Å². The Labute approximate surface area is 155 Å². The van der Waals surface area contributed by atoms with E-state index >= 15 is 0 Å². The van der Waals surface area contributed by atoms with E-state index in [1.807, 2.05) is 6.92 Å². The minimum atomic E-state index is -6.28. The Kier molecular flexibility index (Phi) is 7.83. The molecule has 0 heterocycles. The lowest BCUT2D eigenvalue weighted by Crippen LogP contribution is -2.47. The molecule has 158 valence electrons. The summed E-state index contributed by atoms with van der Waals surface area (Å²) >= 11 is 0. The zero-order valence-electron chi connectivity index (χ0n) is 15.0. The highest BCUT2D eigenvalue weighted by molar-refractivity contribution is 7.87. The van der Waals surface area contributed by atoms with E-state index in [9.17, 15) is 30.8 Å². The molecule has 0 amide bonds. The molecule has 0 spiro atoms. The lowest BCUT2D eigenvalue weighted by Gasteiger charge is -2.36. The van der Waals surface area contributed by atoms with Gasteiger partial charge in [0.25, 0.3) is 0 Å². The fraction of sp³-hybridized carbons (Fsp3) is 0.812. The first-order valence-electron chi connectivity index (χ1n) is 8.49. The van der Waals surface area contributed by atoms with E-state index in [1.165, 1.54) is 0 Å². The molecule has 0 aliphatic heterocycles. The predicted molar refractivity (Wildman–Crippen MR) is 88.2 cm³/mol. The molecule has 6 nitrogen and oxygen atoms in total. The second-order valence-corrected chi connectivity index (χ2v) is 8.05. The lowest BCUT2D eigenvalue weighted by atomic mass is 9.82. The fourth-order valence-corrected chi connectivity index (χ4v) is 3.26. The van der Waals surface area contributed by atoms with Gasteiger partial charge in [-0.1, -0.05) is 19.9 Å². The van der Waals surface area contributed by atoms with Gasteiger partial charge in [0.15, 0.2) is 0 Å². The minimum Gasteiger partial charge on any atom is -0.456 e. The third kappa shape index (κ3) is 5.89. The Bertz CT molecular complexity index is 641. The maximum Gasteiger partial charge on any atom is 0.431 e. The molecular formula is C16H24F4O6S. The van der Waals surface area contributed by atoms with Crippen LogP contribution in [0.5, 0.6) is 0 Å². The van der Waals surface area contributed by atoms with Crippen LogP contribution in [0.15, 0.2) is 12.2 Å². The Morgan fingerprint density at radius 3 is 2.22 bits per heavy atom. The number of alkyl halides is 4. The Morgan fingerprint density at radius 1 is 1.19 bits per heavy atom. The maximum absolute atomic E-state index is 13.3. The second-order valence-electron chi connectivity index (χ2n) is 6.59. The molecule has 11 heteroatoms. The van der Waals surface area contributed by atoms with Gasteiger partial charge in [0.05, 0.1) is 18.8 Å². The number of hydrogen-bond donors (Lipinski definition) is 1. The van der Waals surface area contributed by atoms with Crippen molar-refractivity contribution in [3.05, 3.63) is 12.2 Å². The maximum atomic E-state index is 13.3. The van der Waals surface area contributed by atoms with Crippen LogP contribution in [0, 0.1) is 0 Å². The third-order valence-corrected chi connectivity index (χ3v) is 5.54. The normalized spacial score (nSPS) is 18.1. The average Bonchev–Trinajstić information content (AvgIpc) is 2.58. The summed E-state index contributed by atoms with van der Waals surface area (Å²) in [6, 6.07) is 0. The Balaban J connectivity index is 2.49. The van der Waals surface area contributed by atoms with E-state index in [0.717, 1.165) is 19.3 Å². The van der Waals surface area contributed by atoms with E-state index in [-0.39, 0.29) is 5.57 Å². The lowest BCUT2D eigenvalue weighted by molar-refractivity contribution is -0.171. The molecule has 1 aliphatic carbocycles. The van der Waals surface area contributed by atoms with Gasteiger partial charge in [-0.25, -0.2) is 4.79 Å². The SMILES string of the molecule is C=C(COCCC(F)(F)C(F)(F)S(=O)(=O)O)C(=O)OC1(CC)CCCCC1. The molecule has 0 radical (unpaired) electrons. The number of rotatable bonds is 10. The van der Waals surface area contributed by atoms with E-state index in [1.54, 1.807) is 0 Å². The highest BCUT2D eigenvalue weighted by atomic mass is 32.2. The van der Waals surface area contributed by atoms with Crippen molar-refractivity contribution in [3.63, 3.8) is 0 Å². The van der Waals surface area contributed by atoms with Gasteiger partial charge in [-0.15, -0.1) is 0 Å². The molecule has 0 aromatic rings. The van der Waals surface area contributed by atoms with Crippen molar-refractivity contribution in [2.24, 2.45) is 0 Å². The summed E-state index contributed by atoms with van der Waals surface area (Å²) in [6.07, 6.45) is 3.24. The highest BCUT2D eigenvalue weighted by Crippen LogP contribution is 2.40. The Hall–Kier alpha value is -1.20. The number of esters is 1. The molecule has 0 bridgehead atoms. The van der Waals surface area contributed by atoms with E-state index in [2.05, 4.69) is 6.58 Å². The van der Waals surface area contributed by atoms with Crippen LogP contribution in [0.2, 0.25) is 0 Å². The van der Waals surface area contributed by atoms with Gasteiger partial charge in [0, 0.05) is 6.42 Å². The topological polar surface area (TPSA) is 89.9 Å². The number of carbonyl (C=O) groups excluding carboxylic acids is 1. The molecule has 0 aromatic heterocycles. The van der Waals surface area contributed by atoms with Crippen LogP contribution in [-0.2, 0) is 24.4 Å². The van der Waals surface area contributed by atoms with E-state index < -0.39 is 52.5 Å². The molecule has 1 saturated carbocycles. The molecule has 0 aromatic carbocycles. The molecule has 27 heavy (non-hydrogen) atoms. The summed E-state index contributed by atoms with van der Waals surface area (Å²) in [5.74, 6) is -5.80. The largest absolute Gasteiger partial charge is 0.456 e. The van der Waals surface area contributed by atoms with Crippen molar-refractivity contribution < 1.29 is 44.8 Å². The van der Waals surface area contributed by atoms with Gasteiger partial charge in [-0.3, -0.25) is 4.55 Å². The second kappa shape index (κ2) is 8.87. The average molecular weight is 420 g/mol. The number of hydrogen-bond acceptors (Lipinski definition) is 5. The quantitative estimate of drug-likeness (QED) is 0.190. The standard InChI is InChI=1S/C16H24F4O6S/c1-3-14(7-5-4-6-8-14)26-13(21)12(2)11-25-10-9-15(17,18)16(19,20)27(22,23)24/h2-11H2,1H3,(H,22,23,24). The van der Waals surface area contributed by atoms with Gasteiger partial charge in [0.1, 0.15) is 5.60 Å². The molecule has 0 atom stereocenters. The van der Waals surface area contributed by atoms with Crippen molar-refractivity contribution >= 4 is 16.1 Å². The van der Waals surface area contributed by atoms with Crippen LogP contribution in [0.4, 0.5) is 17.6 Å². The van der Waals surface area contributed by atoms with Crippen molar-refractivity contribution in [2.75, 3.05) is 13.2 Å². The fourth-order valence-electron chi connectivity index (χ4n) is 2.78. The predicted octanol–water partition coefficient (Wildman–Crippen LogP) is 3.72. The highest BCUT2D eigenvalue weighted by Gasteiger charge is 2.65. The molecular weight excluding hydrogens is 396 g/mol. The summed E-state index contributed by atoms with van der Waals surface area (Å²) in [6.45, 7) is 3.80. The van der Waals surface area contributed by atoms with Crippen LogP contribution >= 0.6 is 0 Å². The van der Waals surface area contributed by atoms with Crippen LogP contribution < -0.4 is 0 Å². The summed E-state index contributed by atoms with van der Waals surface area (Å²) in [4.78, 5) is 12.1. The van der Waals surface area contributed by atoms with Gasteiger partial charge >= 0.3 is 27.3 Å².